The maximum Gasteiger partial charge on any atom is 0.0455 e. The summed E-state index contributed by atoms with van der Waals surface area (Å²) in [4.78, 5) is 2.56. The molecule has 1 N–H and O–H groups in total. The van der Waals surface area contributed by atoms with Crippen LogP contribution in [0.25, 0.3) is 0 Å². The van der Waals surface area contributed by atoms with E-state index in [2.05, 4.69) is 63.0 Å². The Morgan fingerprint density at radius 1 is 1.29 bits per heavy atom. The summed E-state index contributed by atoms with van der Waals surface area (Å²) in [5.74, 6) is 1.35. The molecule has 0 spiro atoms. The third kappa shape index (κ3) is 4.14. The molecule has 3 heteroatoms. The number of hydrogen-bond acceptors (Lipinski definition) is 2. The molecule has 2 nitrogen and oxygen atoms in total. The van der Waals surface area contributed by atoms with Crippen LogP contribution in [0, 0.1) is 18.8 Å². The van der Waals surface area contributed by atoms with E-state index in [1.54, 1.807) is 0 Å². The second kappa shape index (κ2) is 7.02. The molecule has 118 valence electrons. The van der Waals surface area contributed by atoms with Gasteiger partial charge < -0.3 is 10.2 Å². The predicted octanol–water partition coefficient (Wildman–Crippen LogP) is 4.50. The lowest BCUT2D eigenvalue weighted by atomic mass is 9.94. The zero-order valence-electron chi connectivity index (χ0n) is 14.0. The van der Waals surface area contributed by atoms with Crippen LogP contribution in [0.1, 0.15) is 39.7 Å². The molecule has 0 radical (unpaired) electrons. The van der Waals surface area contributed by atoms with Crippen molar-refractivity contribution in [2.75, 3.05) is 18.0 Å². The number of anilines is 1. The summed E-state index contributed by atoms with van der Waals surface area (Å²) in [5.41, 5.74) is 2.41. The van der Waals surface area contributed by atoms with Crippen molar-refractivity contribution < 1.29 is 0 Å². The summed E-state index contributed by atoms with van der Waals surface area (Å²) < 4.78 is 0. The van der Waals surface area contributed by atoms with Crippen LogP contribution in [0.4, 0.5) is 5.69 Å². The van der Waals surface area contributed by atoms with Gasteiger partial charge in [-0.3, -0.25) is 0 Å². The predicted molar refractivity (Wildman–Crippen MR) is 93.4 cm³/mol. The summed E-state index contributed by atoms with van der Waals surface area (Å²) >= 11 is 6.34. The first-order chi connectivity index (χ1) is 9.88. The van der Waals surface area contributed by atoms with Gasteiger partial charge in [0.25, 0.3) is 0 Å². The van der Waals surface area contributed by atoms with E-state index in [9.17, 15) is 0 Å². The highest BCUT2D eigenvalue weighted by molar-refractivity contribution is 6.31. The Morgan fingerprint density at radius 3 is 2.57 bits per heavy atom. The Kier molecular flexibility index (Phi) is 5.56. The van der Waals surface area contributed by atoms with Crippen molar-refractivity contribution in [2.24, 2.45) is 11.8 Å². The largest absolute Gasteiger partial charge is 0.365 e. The topological polar surface area (TPSA) is 15.3 Å². The van der Waals surface area contributed by atoms with E-state index in [0.717, 1.165) is 29.6 Å². The van der Waals surface area contributed by atoms with E-state index in [0.29, 0.717) is 18.0 Å². The van der Waals surface area contributed by atoms with Crippen LogP contribution in [-0.2, 0) is 0 Å². The number of nitrogens with one attached hydrogen (secondary N) is 1. The summed E-state index contributed by atoms with van der Waals surface area (Å²) in [6.07, 6.45) is 1.22. The van der Waals surface area contributed by atoms with Crippen LogP contribution >= 0.6 is 11.6 Å². The molecule has 1 aliphatic heterocycles. The van der Waals surface area contributed by atoms with Gasteiger partial charge in [0.1, 0.15) is 0 Å². The third-order valence-electron chi connectivity index (χ3n) is 4.45. The Bertz CT molecular complexity index is 470. The lowest BCUT2D eigenvalue weighted by Gasteiger charge is -2.44. The van der Waals surface area contributed by atoms with Crippen molar-refractivity contribution in [1.82, 2.24) is 5.32 Å². The summed E-state index contributed by atoms with van der Waals surface area (Å²) in [5, 5.41) is 4.60. The monoisotopic (exact) mass is 308 g/mol. The zero-order valence-corrected chi connectivity index (χ0v) is 14.7. The van der Waals surface area contributed by atoms with Gasteiger partial charge in [0.2, 0.25) is 0 Å². The number of rotatable bonds is 4. The van der Waals surface area contributed by atoms with Crippen molar-refractivity contribution in [1.29, 1.82) is 0 Å². The van der Waals surface area contributed by atoms with E-state index in [-0.39, 0.29) is 0 Å². The molecule has 2 unspecified atom stereocenters. The first-order valence-corrected chi connectivity index (χ1v) is 8.52. The van der Waals surface area contributed by atoms with Gasteiger partial charge in [0.05, 0.1) is 0 Å². The first kappa shape index (κ1) is 16.6. The second-order valence-electron chi connectivity index (χ2n) is 7.13. The van der Waals surface area contributed by atoms with E-state index in [1.807, 2.05) is 0 Å². The lowest BCUT2D eigenvalue weighted by molar-refractivity contribution is 0.310. The SMILES string of the molecule is Cc1ccc(N2CC(CC(C)C)NCC2C(C)C)cc1Cl. The standard InChI is InChI=1S/C18H29ClN2/c1-12(2)8-15-11-21(18(10-20-15)13(3)4)16-7-6-14(5)17(19)9-16/h6-7,9,12-13,15,18,20H,8,10-11H2,1-5H3. The van der Waals surface area contributed by atoms with Gasteiger partial charge in [-0.05, 0) is 42.9 Å². The van der Waals surface area contributed by atoms with Crippen molar-refractivity contribution >= 4 is 17.3 Å². The molecule has 1 aromatic carbocycles. The number of halogens is 1. The molecule has 0 bridgehead atoms. The fraction of sp³-hybridized carbons (Fsp3) is 0.667. The first-order valence-electron chi connectivity index (χ1n) is 8.14. The molecule has 2 rings (SSSR count). The fourth-order valence-corrected chi connectivity index (χ4v) is 3.39. The minimum atomic E-state index is 0.534. The maximum atomic E-state index is 6.34. The van der Waals surface area contributed by atoms with Gasteiger partial charge >= 0.3 is 0 Å². The molecule has 21 heavy (non-hydrogen) atoms. The molecule has 1 saturated heterocycles. The van der Waals surface area contributed by atoms with E-state index in [1.165, 1.54) is 12.1 Å². The summed E-state index contributed by atoms with van der Waals surface area (Å²) in [6.45, 7) is 13.4. The number of piperazine rings is 1. The summed E-state index contributed by atoms with van der Waals surface area (Å²) in [7, 11) is 0. The smallest absolute Gasteiger partial charge is 0.0455 e. The molecule has 0 amide bonds. The molecule has 1 aliphatic rings. The highest BCUT2D eigenvalue weighted by atomic mass is 35.5. The Balaban J connectivity index is 2.22. The van der Waals surface area contributed by atoms with Crippen molar-refractivity contribution in [3.05, 3.63) is 28.8 Å². The van der Waals surface area contributed by atoms with Gasteiger partial charge in [-0.25, -0.2) is 0 Å². The number of nitrogens with zero attached hydrogens (tertiary/aromatic N) is 1. The molecule has 2 atom stereocenters. The van der Waals surface area contributed by atoms with Gasteiger partial charge in [-0.2, -0.15) is 0 Å². The molecular weight excluding hydrogens is 280 g/mol. The van der Waals surface area contributed by atoms with Gasteiger partial charge in [0, 0.05) is 35.9 Å². The molecule has 0 saturated carbocycles. The van der Waals surface area contributed by atoms with Crippen LogP contribution in [0.3, 0.4) is 0 Å². The normalized spacial score (nSPS) is 23.1. The van der Waals surface area contributed by atoms with E-state index < -0.39 is 0 Å². The van der Waals surface area contributed by atoms with Gasteiger partial charge in [-0.15, -0.1) is 0 Å². The molecular formula is C18H29ClN2. The number of hydrogen-bond donors (Lipinski definition) is 1. The van der Waals surface area contributed by atoms with Crippen molar-refractivity contribution in [3.8, 4) is 0 Å². The average Bonchev–Trinajstić information content (AvgIpc) is 2.41. The zero-order chi connectivity index (χ0) is 15.6. The highest BCUT2D eigenvalue weighted by Crippen LogP contribution is 2.29. The van der Waals surface area contributed by atoms with Crippen LogP contribution in [0.5, 0.6) is 0 Å². The van der Waals surface area contributed by atoms with Gasteiger partial charge in [-0.1, -0.05) is 45.4 Å². The molecule has 0 aliphatic carbocycles. The average molecular weight is 309 g/mol. The second-order valence-corrected chi connectivity index (χ2v) is 7.54. The molecule has 1 fully saturated rings. The van der Waals surface area contributed by atoms with Gasteiger partial charge in [0.15, 0.2) is 0 Å². The Labute approximate surface area is 134 Å². The minimum Gasteiger partial charge on any atom is -0.365 e. The fourth-order valence-electron chi connectivity index (χ4n) is 3.21. The van der Waals surface area contributed by atoms with E-state index >= 15 is 0 Å². The minimum absolute atomic E-state index is 0.534. The maximum absolute atomic E-state index is 6.34. The third-order valence-corrected chi connectivity index (χ3v) is 4.85. The van der Waals surface area contributed by atoms with Crippen LogP contribution in [0.15, 0.2) is 18.2 Å². The quantitative estimate of drug-likeness (QED) is 0.881. The lowest BCUT2D eigenvalue weighted by Crippen LogP contribution is -2.58. The summed E-state index contributed by atoms with van der Waals surface area (Å²) in [6, 6.07) is 7.58. The van der Waals surface area contributed by atoms with Crippen molar-refractivity contribution in [2.45, 2.75) is 53.1 Å². The number of aryl methyl sites for hydroxylation is 1. The van der Waals surface area contributed by atoms with Crippen LogP contribution in [0.2, 0.25) is 5.02 Å². The molecule has 1 aromatic rings. The Hall–Kier alpha value is -0.730. The molecule has 0 aromatic heterocycles. The van der Waals surface area contributed by atoms with Crippen LogP contribution in [-0.4, -0.2) is 25.2 Å². The van der Waals surface area contributed by atoms with E-state index in [4.69, 9.17) is 11.6 Å². The molecule has 1 heterocycles. The number of benzene rings is 1. The van der Waals surface area contributed by atoms with Crippen LogP contribution < -0.4 is 10.2 Å². The highest BCUT2D eigenvalue weighted by Gasteiger charge is 2.30. The van der Waals surface area contributed by atoms with Crippen molar-refractivity contribution in [3.63, 3.8) is 0 Å². The Morgan fingerprint density at radius 2 is 2.00 bits per heavy atom.